The summed E-state index contributed by atoms with van der Waals surface area (Å²) in [6.45, 7) is 9.58. The van der Waals surface area contributed by atoms with E-state index in [0.717, 1.165) is 5.57 Å². The zero-order valence-electron chi connectivity index (χ0n) is 45.6. The van der Waals surface area contributed by atoms with Crippen molar-refractivity contribution in [2.45, 2.75) is 235 Å². The lowest BCUT2D eigenvalue weighted by Gasteiger charge is -2.71. The minimum absolute atomic E-state index is 0.0459. The number of carbonyl (C=O) groups is 2. The van der Waals surface area contributed by atoms with Gasteiger partial charge in [-0.15, -0.1) is 0 Å². The number of aliphatic hydroxyl groups is 15. The second-order valence-electron chi connectivity index (χ2n) is 26.1. The standard InChI is InChI=1S/C54H86O25/c1-49(2)13-15-54(48(71)79-46-41(69)42(77-44-39(67)36(64)32(60)25(19-56)74-44)34(62)27(76-46)21-72-43-38(66)35(63)31(59)24(18-55)73-43)16-14-51(4)22(23(54)17-49)7-8-28-50(3)11-10-30(58)53(6,29(50)9-12-52(28,51)5)47(70)78-45-40(68)37(65)33(61)26(20-57)75-45/h7,23-46,55-69H,8-21H2,1-6H3/t23-,24+,25+,26+,27+,28?,29+,30-,31-,32+,33-,34-,35-,36-,37-,38+,39+,40+,41+,42-,43+,44-,45-,46-,50+,51+,52+,53-,54-/m0/s1. The summed E-state index contributed by atoms with van der Waals surface area (Å²) in [7, 11) is 0. The van der Waals surface area contributed by atoms with E-state index in [0.29, 0.717) is 57.8 Å². The molecule has 9 aliphatic rings. The van der Waals surface area contributed by atoms with Crippen molar-refractivity contribution in [3.63, 3.8) is 0 Å². The van der Waals surface area contributed by atoms with Gasteiger partial charge in [0.05, 0.1) is 43.4 Å². The first-order valence-corrected chi connectivity index (χ1v) is 28.0. The van der Waals surface area contributed by atoms with Crippen LogP contribution in [0.25, 0.3) is 0 Å². The monoisotopic (exact) mass is 1130 g/mol. The average Bonchev–Trinajstić information content (AvgIpc) is 3.58. The second-order valence-corrected chi connectivity index (χ2v) is 26.1. The fourth-order valence-corrected chi connectivity index (χ4v) is 16.2. The maximum absolute atomic E-state index is 15.5. The van der Waals surface area contributed by atoms with Crippen molar-refractivity contribution >= 4 is 11.9 Å². The van der Waals surface area contributed by atoms with Crippen LogP contribution in [0, 0.1) is 50.2 Å². The summed E-state index contributed by atoms with van der Waals surface area (Å²) in [6, 6.07) is 0. The van der Waals surface area contributed by atoms with Crippen molar-refractivity contribution in [1.82, 2.24) is 0 Å². The summed E-state index contributed by atoms with van der Waals surface area (Å²) >= 11 is 0. The van der Waals surface area contributed by atoms with E-state index in [1.807, 2.05) is 0 Å². The lowest BCUT2D eigenvalue weighted by Crippen LogP contribution is -2.67. The van der Waals surface area contributed by atoms with Crippen molar-refractivity contribution in [3.05, 3.63) is 11.6 Å². The number of rotatable bonds is 12. The second kappa shape index (κ2) is 22.4. The van der Waals surface area contributed by atoms with Crippen molar-refractivity contribution < 1.29 is 124 Å². The van der Waals surface area contributed by atoms with Gasteiger partial charge in [-0.05, 0) is 111 Å². The lowest BCUT2D eigenvalue weighted by molar-refractivity contribution is -0.363. The molecule has 4 heterocycles. The molecule has 4 saturated heterocycles. The minimum atomic E-state index is -2.03. The van der Waals surface area contributed by atoms with E-state index in [2.05, 4.69) is 40.7 Å². The summed E-state index contributed by atoms with van der Waals surface area (Å²) in [5.41, 5.74) is -3.34. The molecule has 8 fully saturated rings. The summed E-state index contributed by atoms with van der Waals surface area (Å²) < 4.78 is 46.5. The molecule has 4 saturated carbocycles. The molecule has 25 nitrogen and oxygen atoms in total. The van der Waals surface area contributed by atoms with E-state index < -0.39 is 206 Å². The summed E-state index contributed by atoms with van der Waals surface area (Å²) in [5.74, 6) is -2.42. The van der Waals surface area contributed by atoms with Gasteiger partial charge in [0, 0.05) is 0 Å². The summed E-state index contributed by atoms with van der Waals surface area (Å²) in [4.78, 5) is 30.0. The van der Waals surface area contributed by atoms with Gasteiger partial charge in [0.2, 0.25) is 12.6 Å². The van der Waals surface area contributed by atoms with Crippen molar-refractivity contribution in [3.8, 4) is 0 Å². The number of esters is 2. The van der Waals surface area contributed by atoms with Gasteiger partial charge >= 0.3 is 11.9 Å². The van der Waals surface area contributed by atoms with Crippen LogP contribution in [0.2, 0.25) is 0 Å². The molecule has 9 rings (SSSR count). The lowest BCUT2D eigenvalue weighted by atomic mass is 9.33. The third-order valence-corrected chi connectivity index (χ3v) is 21.5. The normalized spacial score (nSPS) is 53.5. The Balaban J connectivity index is 0.991. The highest BCUT2D eigenvalue weighted by molar-refractivity contribution is 5.79. The first-order chi connectivity index (χ1) is 37.0. The van der Waals surface area contributed by atoms with Gasteiger partial charge in [0.25, 0.3) is 0 Å². The van der Waals surface area contributed by atoms with Gasteiger partial charge in [-0.25, -0.2) is 0 Å². The smallest absolute Gasteiger partial charge is 0.317 e. The highest BCUT2D eigenvalue weighted by atomic mass is 16.8. The third kappa shape index (κ3) is 9.95. The zero-order valence-corrected chi connectivity index (χ0v) is 45.6. The Kier molecular flexibility index (Phi) is 17.4. The highest BCUT2D eigenvalue weighted by Crippen LogP contribution is 2.76. The topological polar surface area (TPSA) is 411 Å². The van der Waals surface area contributed by atoms with Gasteiger partial charge in [0.1, 0.15) is 97.7 Å². The van der Waals surface area contributed by atoms with Gasteiger partial charge < -0.3 is 114 Å². The Labute approximate surface area is 457 Å². The Morgan fingerprint density at radius 1 is 0.532 bits per heavy atom. The molecule has 0 aromatic rings. The zero-order chi connectivity index (χ0) is 57.9. The van der Waals surface area contributed by atoms with Gasteiger partial charge in [0.15, 0.2) is 12.6 Å². The van der Waals surface area contributed by atoms with Crippen LogP contribution >= 0.6 is 0 Å². The van der Waals surface area contributed by atoms with Crippen LogP contribution < -0.4 is 0 Å². The van der Waals surface area contributed by atoms with Crippen LogP contribution in [0.4, 0.5) is 0 Å². The maximum Gasteiger partial charge on any atom is 0.317 e. The molecule has 79 heavy (non-hydrogen) atoms. The SMILES string of the molecule is CC1(C)CC[C@]2(C(=O)O[C@@H]3O[C@H](CO[C@@H]4O[C@H](CO)[C@H](O)[C@H](O)[C@H]4O)[C@H](O)[C@H](O[C@@H]4O[C@H](CO)[C@@H](O)[C@H](O)[C@H]4O)[C@H]3O)CC[C@]3(C)C(=CCC4[C@@]5(C)CC[C@H](O)[C@@](C)(C(=O)O[C@@H]6O[C@H](CO)[C@H](O)[C@H](O)[C@H]6O)[C@@H]5CC[C@]43C)[C@@H]2C1. The van der Waals surface area contributed by atoms with Gasteiger partial charge in [-0.3, -0.25) is 9.59 Å². The molecular weight excluding hydrogens is 1050 g/mol. The molecule has 0 spiro atoms. The highest BCUT2D eigenvalue weighted by Gasteiger charge is 2.72. The molecule has 0 amide bonds. The molecule has 0 bridgehead atoms. The number of carbonyl (C=O) groups excluding carboxylic acids is 2. The fourth-order valence-electron chi connectivity index (χ4n) is 16.2. The van der Waals surface area contributed by atoms with E-state index in [1.54, 1.807) is 6.92 Å². The Morgan fingerprint density at radius 2 is 1.04 bits per heavy atom. The molecule has 25 heteroatoms. The maximum atomic E-state index is 15.5. The molecule has 15 N–H and O–H groups in total. The van der Waals surface area contributed by atoms with E-state index in [-0.39, 0.29) is 17.8 Å². The van der Waals surface area contributed by atoms with Crippen LogP contribution in [-0.2, 0) is 47.5 Å². The molecule has 5 aliphatic carbocycles. The number of hydrogen-bond acceptors (Lipinski definition) is 25. The van der Waals surface area contributed by atoms with Crippen molar-refractivity contribution in [2.75, 3.05) is 26.4 Å². The largest absolute Gasteiger partial charge is 0.432 e. The summed E-state index contributed by atoms with van der Waals surface area (Å²) in [6.07, 6.45) is -29.1. The van der Waals surface area contributed by atoms with Crippen LogP contribution in [-0.4, -0.2) is 244 Å². The van der Waals surface area contributed by atoms with Gasteiger partial charge in [-0.2, -0.15) is 0 Å². The van der Waals surface area contributed by atoms with Crippen molar-refractivity contribution in [1.29, 1.82) is 0 Å². The Morgan fingerprint density at radius 3 is 1.63 bits per heavy atom. The summed E-state index contributed by atoms with van der Waals surface area (Å²) in [5, 5.41) is 160. The molecule has 452 valence electrons. The van der Waals surface area contributed by atoms with Crippen LogP contribution in [0.3, 0.4) is 0 Å². The van der Waals surface area contributed by atoms with E-state index >= 15 is 4.79 Å². The molecular formula is C54H86O25. The van der Waals surface area contributed by atoms with Crippen LogP contribution in [0.1, 0.15) is 106 Å². The minimum Gasteiger partial charge on any atom is -0.432 e. The number of hydrogen-bond donors (Lipinski definition) is 15. The van der Waals surface area contributed by atoms with E-state index in [1.165, 1.54) is 0 Å². The molecule has 0 radical (unpaired) electrons. The van der Waals surface area contributed by atoms with Gasteiger partial charge in [-0.1, -0.05) is 46.3 Å². The first kappa shape index (κ1) is 61.4. The first-order valence-electron chi connectivity index (χ1n) is 28.0. The fraction of sp³-hybridized carbons (Fsp3) is 0.926. The molecule has 4 aliphatic heterocycles. The molecule has 0 aromatic carbocycles. The quantitative estimate of drug-likeness (QED) is 0.0665. The van der Waals surface area contributed by atoms with E-state index in [4.69, 9.17) is 37.9 Å². The predicted molar refractivity (Wildman–Crippen MR) is 264 cm³/mol. The van der Waals surface area contributed by atoms with Crippen LogP contribution in [0.15, 0.2) is 11.6 Å². The van der Waals surface area contributed by atoms with Crippen LogP contribution in [0.5, 0.6) is 0 Å². The van der Waals surface area contributed by atoms with E-state index in [9.17, 15) is 81.4 Å². The average molecular weight is 1140 g/mol. The number of fused-ring (bicyclic) bond motifs is 7. The Bertz CT molecular complexity index is 2220. The molecule has 29 atom stereocenters. The number of ether oxygens (including phenoxy) is 8. The third-order valence-electron chi connectivity index (χ3n) is 21.5. The molecule has 1 unspecified atom stereocenters. The Hall–Kier alpha value is -2.16. The predicted octanol–water partition coefficient (Wildman–Crippen LogP) is -3.54. The number of allylic oxidation sites excluding steroid dienone is 2. The molecule has 0 aromatic heterocycles. The number of aliphatic hydroxyl groups excluding tert-OH is 15. The van der Waals surface area contributed by atoms with Crippen molar-refractivity contribution in [2.24, 2.45) is 50.2 Å².